The molecule has 0 unspecified atom stereocenters. The second-order valence-electron chi connectivity index (χ2n) is 4.05. The third kappa shape index (κ3) is 2.57. The number of nitrogens with two attached hydrogens (primary N) is 1. The summed E-state index contributed by atoms with van der Waals surface area (Å²) in [5.41, 5.74) is 8.41. The number of nitrogens with zero attached hydrogens (tertiary/aromatic N) is 1. The molecule has 0 aliphatic heterocycles. The summed E-state index contributed by atoms with van der Waals surface area (Å²) in [5.74, 6) is 0. The molecule has 1 heterocycles. The van der Waals surface area contributed by atoms with Crippen LogP contribution in [-0.2, 0) is 0 Å². The van der Waals surface area contributed by atoms with Crippen molar-refractivity contribution in [2.75, 3.05) is 5.32 Å². The maximum absolute atomic E-state index is 5.57. The Bertz CT molecular complexity index is 699. The first-order valence-corrected chi connectivity index (χ1v) is 6.97. The van der Waals surface area contributed by atoms with Crippen LogP contribution in [0.15, 0.2) is 48.5 Å². The molecule has 19 heavy (non-hydrogen) atoms. The van der Waals surface area contributed by atoms with Crippen LogP contribution in [0.3, 0.4) is 0 Å². The van der Waals surface area contributed by atoms with E-state index < -0.39 is 0 Å². The van der Waals surface area contributed by atoms with E-state index in [-0.39, 0.29) is 0 Å². The van der Waals surface area contributed by atoms with Gasteiger partial charge in [-0.3, -0.25) is 0 Å². The number of anilines is 2. The molecule has 1 aromatic heterocycles. The number of thiazole rings is 1. The smallest absolute Gasteiger partial charge is 0.188 e. The molecule has 94 valence electrons. The van der Waals surface area contributed by atoms with Crippen LogP contribution < -0.4 is 11.1 Å². The Morgan fingerprint density at radius 1 is 1.11 bits per heavy atom. The van der Waals surface area contributed by atoms with Gasteiger partial charge in [0.25, 0.3) is 0 Å². The Labute approximate surface area is 120 Å². The summed E-state index contributed by atoms with van der Waals surface area (Å²) in [4.78, 5) is 4.93. The number of aromatic nitrogens is 1. The summed E-state index contributed by atoms with van der Waals surface area (Å²) < 4.78 is 1.17. The molecule has 0 aliphatic carbocycles. The van der Waals surface area contributed by atoms with Crippen LogP contribution in [0.4, 0.5) is 10.8 Å². The Kier molecular flexibility index (Phi) is 3.15. The van der Waals surface area contributed by atoms with Crippen LogP contribution in [-0.4, -0.2) is 9.97 Å². The molecule has 0 spiro atoms. The molecule has 3 nitrogen and oxygen atoms in total. The Morgan fingerprint density at radius 3 is 2.53 bits per heavy atom. The van der Waals surface area contributed by atoms with Gasteiger partial charge >= 0.3 is 0 Å². The van der Waals surface area contributed by atoms with Crippen molar-refractivity contribution in [2.45, 2.75) is 0 Å². The van der Waals surface area contributed by atoms with Gasteiger partial charge in [0, 0.05) is 11.3 Å². The number of nitrogens with one attached hydrogen (secondary N) is 1. The largest absolute Gasteiger partial charge is 0.389 e. The van der Waals surface area contributed by atoms with Gasteiger partial charge in [-0.15, -0.1) is 0 Å². The van der Waals surface area contributed by atoms with Crippen LogP contribution >= 0.6 is 23.6 Å². The first-order valence-electron chi connectivity index (χ1n) is 5.75. The predicted octanol–water partition coefficient (Wildman–Crippen LogP) is 3.67. The SMILES string of the molecule is NC(=S)c1ccc(Nc2nc3ccccc3s2)cc1. The van der Waals surface area contributed by atoms with Crippen molar-refractivity contribution in [1.29, 1.82) is 0 Å². The summed E-state index contributed by atoms with van der Waals surface area (Å²) in [6.07, 6.45) is 0. The molecule has 3 N–H and O–H groups in total. The highest BCUT2D eigenvalue weighted by Crippen LogP contribution is 2.27. The van der Waals surface area contributed by atoms with E-state index in [1.807, 2.05) is 42.5 Å². The topological polar surface area (TPSA) is 50.9 Å². The Morgan fingerprint density at radius 2 is 1.84 bits per heavy atom. The number of thiocarbonyl (C=S) groups is 1. The first-order chi connectivity index (χ1) is 9.22. The number of rotatable bonds is 3. The van der Waals surface area contributed by atoms with Crippen molar-refractivity contribution in [2.24, 2.45) is 5.73 Å². The van der Waals surface area contributed by atoms with Crippen molar-refractivity contribution in [3.05, 3.63) is 54.1 Å². The predicted molar refractivity (Wildman–Crippen MR) is 85.2 cm³/mol. The summed E-state index contributed by atoms with van der Waals surface area (Å²) in [7, 11) is 0. The van der Waals surface area contributed by atoms with Crippen molar-refractivity contribution in [1.82, 2.24) is 4.98 Å². The molecule has 0 radical (unpaired) electrons. The number of para-hydroxylation sites is 1. The second kappa shape index (κ2) is 4.95. The van der Waals surface area contributed by atoms with E-state index in [1.165, 1.54) is 4.70 Å². The van der Waals surface area contributed by atoms with E-state index in [0.29, 0.717) is 4.99 Å². The van der Waals surface area contributed by atoms with Crippen molar-refractivity contribution in [3.63, 3.8) is 0 Å². The van der Waals surface area contributed by atoms with E-state index in [2.05, 4.69) is 16.4 Å². The van der Waals surface area contributed by atoms with Gasteiger partial charge in [-0.2, -0.15) is 0 Å². The maximum atomic E-state index is 5.57. The normalized spacial score (nSPS) is 10.5. The lowest BCUT2D eigenvalue weighted by Crippen LogP contribution is -2.08. The molecule has 0 saturated heterocycles. The fourth-order valence-corrected chi connectivity index (χ4v) is 2.79. The van der Waals surface area contributed by atoms with Crippen LogP contribution in [0.2, 0.25) is 0 Å². The lowest BCUT2D eigenvalue weighted by Gasteiger charge is -2.03. The zero-order valence-electron chi connectivity index (χ0n) is 9.96. The molecule has 0 fully saturated rings. The third-order valence-electron chi connectivity index (χ3n) is 2.71. The number of hydrogen-bond donors (Lipinski definition) is 2. The van der Waals surface area contributed by atoms with Gasteiger partial charge in [-0.1, -0.05) is 35.7 Å². The standard InChI is InChI=1S/C14H11N3S2/c15-13(18)9-5-7-10(8-6-9)16-14-17-11-3-1-2-4-12(11)19-14/h1-8H,(H2,15,18)(H,16,17). The fraction of sp³-hybridized carbons (Fsp3) is 0. The zero-order chi connectivity index (χ0) is 13.2. The molecule has 3 rings (SSSR count). The minimum absolute atomic E-state index is 0.409. The molecule has 2 aromatic carbocycles. The van der Waals surface area contributed by atoms with Crippen LogP contribution in [0, 0.1) is 0 Å². The molecule has 0 aliphatic rings. The van der Waals surface area contributed by atoms with Crippen LogP contribution in [0.25, 0.3) is 10.2 Å². The van der Waals surface area contributed by atoms with Gasteiger partial charge in [0.2, 0.25) is 0 Å². The van der Waals surface area contributed by atoms with Crippen molar-refractivity contribution < 1.29 is 0 Å². The first kappa shape index (κ1) is 12.1. The van der Waals surface area contributed by atoms with E-state index in [4.69, 9.17) is 18.0 Å². The monoisotopic (exact) mass is 285 g/mol. The molecule has 0 saturated carbocycles. The van der Waals surface area contributed by atoms with Crippen molar-refractivity contribution in [3.8, 4) is 0 Å². The summed E-state index contributed by atoms with van der Waals surface area (Å²) in [5, 5.41) is 4.16. The summed E-state index contributed by atoms with van der Waals surface area (Å²) >= 11 is 6.56. The molecular formula is C14H11N3S2. The van der Waals surface area contributed by atoms with Crippen molar-refractivity contribution >= 4 is 49.6 Å². The maximum Gasteiger partial charge on any atom is 0.188 e. The van der Waals surface area contributed by atoms with Gasteiger partial charge < -0.3 is 11.1 Å². The number of hydrogen-bond acceptors (Lipinski definition) is 4. The van der Waals surface area contributed by atoms with E-state index in [1.54, 1.807) is 11.3 Å². The molecule has 5 heteroatoms. The highest BCUT2D eigenvalue weighted by atomic mass is 32.1. The molecule has 0 atom stereocenters. The quantitative estimate of drug-likeness (QED) is 0.721. The van der Waals surface area contributed by atoms with E-state index in [9.17, 15) is 0 Å². The van der Waals surface area contributed by atoms with E-state index >= 15 is 0 Å². The highest BCUT2D eigenvalue weighted by molar-refractivity contribution is 7.80. The lowest BCUT2D eigenvalue weighted by atomic mass is 10.2. The van der Waals surface area contributed by atoms with Gasteiger partial charge in [0.15, 0.2) is 5.13 Å². The minimum Gasteiger partial charge on any atom is -0.389 e. The second-order valence-corrected chi connectivity index (χ2v) is 5.52. The highest BCUT2D eigenvalue weighted by Gasteiger charge is 2.03. The van der Waals surface area contributed by atoms with Crippen LogP contribution in [0.5, 0.6) is 0 Å². The van der Waals surface area contributed by atoms with E-state index in [0.717, 1.165) is 21.9 Å². The van der Waals surface area contributed by atoms with Gasteiger partial charge in [-0.25, -0.2) is 4.98 Å². The Hall–Kier alpha value is -1.98. The number of benzene rings is 2. The fourth-order valence-electron chi connectivity index (χ4n) is 1.77. The molecule has 0 amide bonds. The van der Waals surface area contributed by atoms with Crippen LogP contribution in [0.1, 0.15) is 5.56 Å². The molecular weight excluding hydrogens is 274 g/mol. The molecule has 3 aromatic rings. The number of fused-ring (bicyclic) bond motifs is 1. The lowest BCUT2D eigenvalue weighted by molar-refractivity contribution is 1.44. The minimum atomic E-state index is 0.409. The third-order valence-corrected chi connectivity index (χ3v) is 3.90. The van der Waals surface area contributed by atoms with Gasteiger partial charge in [0.1, 0.15) is 4.99 Å². The average Bonchev–Trinajstić information content (AvgIpc) is 2.81. The van der Waals surface area contributed by atoms with Gasteiger partial charge in [0.05, 0.1) is 10.2 Å². The Balaban J connectivity index is 1.86. The summed E-state index contributed by atoms with van der Waals surface area (Å²) in [6, 6.07) is 15.8. The zero-order valence-corrected chi connectivity index (χ0v) is 11.6. The van der Waals surface area contributed by atoms with Gasteiger partial charge in [-0.05, 0) is 36.4 Å². The average molecular weight is 285 g/mol. The summed E-state index contributed by atoms with van der Waals surface area (Å²) in [6.45, 7) is 0. The molecule has 0 bridgehead atoms.